The Bertz CT molecular complexity index is 1300. The van der Waals surface area contributed by atoms with Crippen molar-refractivity contribution in [2.45, 2.75) is 39.7 Å². The Morgan fingerprint density at radius 2 is 1.94 bits per heavy atom. The maximum Gasteiger partial charge on any atom is 0.255 e. The molecule has 0 bridgehead atoms. The van der Waals surface area contributed by atoms with Crippen LogP contribution in [0.2, 0.25) is 0 Å². The van der Waals surface area contributed by atoms with Gasteiger partial charge in [-0.15, -0.1) is 0 Å². The van der Waals surface area contributed by atoms with Crippen LogP contribution < -0.4 is 16.2 Å². The number of aromatic nitrogens is 1. The zero-order valence-corrected chi connectivity index (χ0v) is 20.3. The first kappa shape index (κ1) is 24.4. The lowest BCUT2D eigenvalue weighted by molar-refractivity contribution is -0.115. The summed E-state index contributed by atoms with van der Waals surface area (Å²) in [5, 5.41) is 6.00. The lowest BCUT2D eigenvalue weighted by Crippen LogP contribution is -2.38. The molecule has 0 saturated carbocycles. The number of nitrogens with one attached hydrogen (secondary N) is 2. The van der Waals surface area contributed by atoms with Crippen LogP contribution in [0.25, 0.3) is 6.08 Å². The fraction of sp³-hybridized carbons (Fsp3) is 0.321. The van der Waals surface area contributed by atoms with Crippen LogP contribution in [0.15, 0.2) is 69.7 Å². The van der Waals surface area contributed by atoms with Crippen LogP contribution in [0.4, 0.5) is 0 Å². The number of aryl methyl sites for hydroxylation is 2. The zero-order valence-electron chi connectivity index (χ0n) is 20.3. The lowest BCUT2D eigenvalue weighted by Gasteiger charge is -2.31. The standard InChI is InChI=1S/C28H31N3O4/c1-18-12-22(25-7-4-8-27(33)31(25)17-18)15-29-16-26(32)24(14-23-6-5-11-35-23)30-28(34)21-10-9-19(2)20(3)13-21/h4-11,13-14,18,22,29H,12,15-17H2,1-3H3,(H,30,34)/b24-14-. The van der Waals surface area contributed by atoms with Gasteiger partial charge in [-0.3, -0.25) is 14.4 Å². The quantitative estimate of drug-likeness (QED) is 0.485. The third-order valence-electron chi connectivity index (χ3n) is 6.51. The van der Waals surface area contributed by atoms with Crippen LogP contribution >= 0.6 is 0 Å². The van der Waals surface area contributed by atoms with Gasteiger partial charge in [0.05, 0.1) is 18.5 Å². The van der Waals surface area contributed by atoms with E-state index in [0.29, 0.717) is 30.3 Å². The molecule has 3 heterocycles. The molecular formula is C28H31N3O4. The highest BCUT2D eigenvalue weighted by molar-refractivity contribution is 6.06. The third-order valence-corrected chi connectivity index (χ3v) is 6.51. The molecule has 3 aromatic rings. The SMILES string of the molecule is Cc1ccc(C(=O)N/C(=C\c2ccco2)C(=O)CNCC2CC(C)Cn3c2cccc3=O)cc1C. The van der Waals surface area contributed by atoms with Gasteiger partial charge in [0.25, 0.3) is 11.5 Å². The second kappa shape index (κ2) is 10.7. The first-order valence-corrected chi connectivity index (χ1v) is 11.9. The van der Waals surface area contributed by atoms with Gasteiger partial charge in [-0.05, 0) is 67.6 Å². The predicted molar refractivity (Wildman–Crippen MR) is 135 cm³/mol. The van der Waals surface area contributed by atoms with Crippen LogP contribution in [0, 0.1) is 19.8 Å². The summed E-state index contributed by atoms with van der Waals surface area (Å²) >= 11 is 0. The fourth-order valence-corrected chi connectivity index (χ4v) is 4.50. The van der Waals surface area contributed by atoms with Crippen molar-refractivity contribution < 1.29 is 14.0 Å². The number of carbonyl (C=O) groups excluding carboxylic acids is 2. The monoisotopic (exact) mass is 473 g/mol. The summed E-state index contributed by atoms with van der Waals surface area (Å²) in [6, 6.07) is 14.2. The minimum atomic E-state index is -0.353. The molecule has 0 fully saturated rings. The molecule has 4 rings (SSSR count). The summed E-state index contributed by atoms with van der Waals surface area (Å²) in [4.78, 5) is 38.3. The van der Waals surface area contributed by atoms with E-state index >= 15 is 0 Å². The minimum Gasteiger partial charge on any atom is -0.465 e. The normalized spacial score (nSPS) is 17.6. The van der Waals surface area contributed by atoms with Gasteiger partial charge in [0.15, 0.2) is 5.78 Å². The number of carbonyl (C=O) groups is 2. The molecular weight excluding hydrogens is 442 g/mol. The molecule has 35 heavy (non-hydrogen) atoms. The van der Waals surface area contributed by atoms with Crippen molar-refractivity contribution in [3.8, 4) is 0 Å². The molecule has 0 saturated heterocycles. The van der Waals surface area contributed by atoms with Gasteiger partial charge < -0.3 is 19.6 Å². The van der Waals surface area contributed by atoms with Crippen molar-refractivity contribution in [2.75, 3.05) is 13.1 Å². The Morgan fingerprint density at radius 1 is 1.11 bits per heavy atom. The topological polar surface area (TPSA) is 93.3 Å². The van der Waals surface area contributed by atoms with E-state index in [0.717, 1.165) is 23.2 Å². The summed E-state index contributed by atoms with van der Waals surface area (Å²) in [6.45, 7) is 7.37. The third kappa shape index (κ3) is 5.87. The van der Waals surface area contributed by atoms with Gasteiger partial charge in [0, 0.05) is 42.4 Å². The number of benzene rings is 1. The summed E-state index contributed by atoms with van der Waals surface area (Å²) in [6.07, 6.45) is 3.99. The molecule has 0 spiro atoms. The molecule has 2 atom stereocenters. The molecule has 7 heteroatoms. The van der Waals surface area contributed by atoms with Crippen molar-refractivity contribution in [3.05, 3.63) is 99.0 Å². The second-order valence-electron chi connectivity index (χ2n) is 9.32. The number of nitrogens with zero attached hydrogens (tertiary/aromatic N) is 1. The number of hydrogen-bond donors (Lipinski definition) is 2. The van der Waals surface area contributed by atoms with Gasteiger partial charge in [-0.2, -0.15) is 0 Å². The van der Waals surface area contributed by atoms with Crippen LogP contribution in [-0.2, 0) is 11.3 Å². The van der Waals surface area contributed by atoms with Gasteiger partial charge >= 0.3 is 0 Å². The molecule has 0 aliphatic carbocycles. The maximum atomic E-state index is 13.1. The Kier molecular flexibility index (Phi) is 7.46. The van der Waals surface area contributed by atoms with Gasteiger partial charge in [0.2, 0.25) is 0 Å². The van der Waals surface area contributed by atoms with Crippen LogP contribution in [0.3, 0.4) is 0 Å². The predicted octanol–water partition coefficient (Wildman–Crippen LogP) is 3.81. The highest BCUT2D eigenvalue weighted by Crippen LogP contribution is 2.28. The number of ketones is 1. The number of rotatable bonds is 8. The van der Waals surface area contributed by atoms with E-state index < -0.39 is 0 Å². The van der Waals surface area contributed by atoms with E-state index in [-0.39, 0.29) is 35.4 Å². The Balaban J connectivity index is 1.46. The molecule has 0 radical (unpaired) electrons. The second-order valence-corrected chi connectivity index (χ2v) is 9.32. The number of pyridine rings is 1. The molecule has 182 valence electrons. The summed E-state index contributed by atoms with van der Waals surface area (Å²) in [7, 11) is 0. The number of furan rings is 1. The van der Waals surface area contributed by atoms with E-state index in [1.54, 1.807) is 36.4 Å². The highest BCUT2D eigenvalue weighted by Gasteiger charge is 2.25. The van der Waals surface area contributed by atoms with Gasteiger partial charge in [0.1, 0.15) is 5.76 Å². The molecule has 7 nitrogen and oxygen atoms in total. The summed E-state index contributed by atoms with van der Waals surface area (Å²) in [5.74, 6) is 0.365. The number of Topliss-reactive ketones (excluding diaryl/α,β-unsaturated/α-hetero) is 1. The van der Waals surface area contributed by atoms with Crippen molar-refractivity contribution in [1.82, 2.24) is 15.2 Å². The van der Waals surface area contributed by atoms with Crippen LogP contribution in [-0.4, -0.2) is 29.3 Å². The molecule has 1 aromatic carbocycles. The number of amides is 1. The molecule has 2 unspecified atom stereocenters. The largest absolute Gasteiger partial charge is 0.465 e. The molecule has 2 aromatic heterocycles. The van der Waals surface area contributed by atoms with Crippen molar-refractivity contribution in [1.29, 1.82) is 0 Å². The molecule has 2 N–H and O–H groups in total. The first-order chi connectivity index (χ1) is 16.8. The Labute approximate surface area is 204 Å². The van der Waals surface area contributed by atoms with E-state index in [9.17, 15) is 14.4 Å². The minimum absolute atomic E-state index is 0.00727. The van der Waals surface area contributed by atoms with E-state index in [4.69, 9.17) is 4.42 Å². The smallest absolute Gasteiger partial charge is 0.255 e. The van der Waals surface area contributed by atoms with Crippen LogP contribution in [0.1, 0.15) is 52.2 Å². The van der Waals surface area contributed by atoms with E-state index in [1.807, 2.05) is 36.6 Å². The number of hydrogen-bond acceptors (Lipinski definition) is 5. The van der Waals surface area contributed by atoms with Gasteiger partial charge in [-0.1, -0.05) is 19.1 Å². The van der Waals surface area contributed by atoms with Crippen molar-refractivity contribution in [3.63, 3.8) is 0 Å². The Hall–Kier alpha value is -3.71. The average Bonchev–Trinajstić information content (AvgIpc) is 3.34. The number of fused-ring (bicyclic) bond motifs is 1. The molecule has 1 aliphatic rings. The first-order valence-electron chi connectivity index (χ1n) is 11.9. The fourth-order valence-electron chi connectivity index (χ4n) is 4.50. The average molecular weight is 474 g/mol. The Morgan fingerprint density at radius 3 is 2.69 bits per heavy atom. The van der Waals surface area contributed by atoms with E-state index in [1.165, 1.54) is 6.26 Å². The summed E-state index contributed by atoms with van der Waals surface area (Å²) < 4.78 is 7.19. The molecule has 1 aliphatic heterocycles. The van der Waals surface area contributed by atoms with Crippen LogP contribution in [0.5, 0.6) is 0 Å². The van der Waals surface area contributed by atoms with Crippen molar-refractivity contribution in [2.24, 2.45) is 5.92 Å². The van der Waals surface area contributed by atoms with E-state index in [2.05, 4.69) is 17.6 Å². The highest BCUT2D eigenvalue weighted by atomic mass is 16.3. The summed E-state index contributed by atoms with van der Waals surface area (Å²) in [5.41, 5.74) is 3.73. The molecule has 1 amide bonds. The van der Waals surface area contributed by atoms with Gasteiger partial charge in [-0.25, -0.2) is 0 Å². The lowest BCUT2D eigenvalue weighted by atomic mass is 9.88. The maximum absolute atomic E-state index is 13.1. The van der Waals surface area contributed by atoms with Crippen molar-refractivity contribution >= 4 is 17.8 Å². The zero-order chi connectivity index (χ0) is 24.9.